The van der Waals surface area contributed by atoms with Gasteiger partial charge in [0.1, 0.15) is 0 Å². The predicted octanol–water partition coefficient (Wildman–Crippen LogP) is 1.80. The molecule has 0 aliphatic rings. The third kappa shape index (κ3) is 2.88. The highest BCUT2D eigenvalue weighted by Crippen LogP contribution is 2.14. The summed E-state index contributed by atoms with van der Waals surface area (Å²) in [6.45, 7) is 5.30. The standard InChI is InChI=1S/C12H13N3O/c1-3-14-8-6-9(2)11-10(12(13)16)5-4-7-15-11/h3-8H,1H2,2H3,(H2,13,16)/b9-6+,14-8?. The molecule has 2 N–H and O–H groups in total. The molecule has 0 atom stereocenters. The topological polar surface area (TPSA) is 68.3 Å². The third-order valence-corrected chi connectivity index (χ3v) is 1.96. The van der Waals surface area contributed by atoms with Gasteiger partial charge in [-0.3, -0.25) is 14.8 Å². The number of allylic oxidation sites excluding steroid dienone is 2. The minimum atomic E-state index is -0.489. The van der Waals surface area contributed by atoms with Gasteiger partial charge in [-0.1, -0.05) is 6.58 Å². The normalized spacial score (nSPS) is 11.7. The van der Waals surface area contributed by atoms with Crippen LogP contribution in [0.15, 0.2) is 42.2 Å². The van der Waals surface area contributed by atoms with E-state index in [1.54, 1.807) is 30.6 Å². The van der Waals surface area contributed by atoms with Crippen molar-refractivity contribution in [3.63, 3.8) is 0 Å². The molecular formula is C12H13N3O. The maximum absolute atomic E-state index is 11.2. The van der Waals surface area contributed by atoms with E-state index in [2.05, 4.69) is 16.6 Å². The Morgan fingerprint density at radius 3 is 3.00 bits per heavy atom. The van der Waals surface area contributed by atoms with E-state index >= 15 is 0 Å². The predicted molar refractivity (Wildman–Crippen MR) is 65.1 cm³/mol. The minimum Gasteiger partial charge on any atom is -0.366 e. The van der Waals surface area contributed by atoms with Gasteiger partial charge >= 0.3 is 0 Å². The van der Waals surface area contributed by atoms with Gasteiger partial charge in [-0.2, -0.15) is 0 Å². The van der Waals surface area contributed by atoms with Gasteiger partial charge in [-0.25, -0.2) is 0 Å². The summed E-state index contributed by atoms with van der Waals surface area (Å²) < 4.78 is 0. The number of nitrogens with zero attached hydrogens (tertiary/aromatic N) is 2. The van der Waals surface area contributed by atoms with Crippen molar-refractivity contribution in [2.45, 2.75) is 6.92 Å². The van der Waals surface area contributed by atoms with Gasteiger partial charge < -0.3 is 5.73 Å². The number of hydrogen-bond donors (Lipinski definition) is 1. The van der Waals surface area contributed by atoms with Crippen LogP contribution in [0, 0.1) is 0 Å². The fourth-order valence-corrected chi connectivity index (χ4v) is 1.21. The molecule has 0 aromatic carbocycles. The van der Waals surface area contributed by atoms with Crippen LogP contribution in [0.1, 0.15) is 23.0 Å². The van der Waals surface area contributed by atoms with E-state index in [0.717, 1.165) is 5.57 Å². The highest BCUT2D eigenvalue weighted by atomic mass is 16.1. The van der Waals surface area contributed by atoms with Crippen molar-refractivity contribution < 1.29 is 4.79 Å². The maximum Gasteiger partial charge on any atom is 0.250 e. The number of pyridine rings is 1. The first kappa shape index (κ1) is 11.8. The van der Waals surface area contributed by atoms with Gasteiger partial charge in [-0.05, 0) is 30.7 Å². The zero-order valence-electron chi connectivity index (χ0n) is 9.05. The summed E-state index contributed by atoms with van der Waals surface area (Å²) in [5.74, 6) is -0.489. The number of hydrogen-bond acceptors (Lipinski definition) is 3. The van der Waals surface area contributed by atoms with Crippen molar-refractivity contribution in [1.82, 2.24) is 4.98 Å². The molecule has 1 rings (SSSR count). The molecule has 0 saturated carbocycles. The molecule has 1 aromatic heterocycles. The SMILES string of the molecule is C=CN=C/C=C(\C)c1ncccc1C(N)=O. The Bertz CT molecular complexity index is 461. The molecule has 16 heavy (non-hydrogen) atoms. The van der Waals surface area contributed by atoms with Gasteiger partial charge in [0, 0.05) is 18.6 Å². The summed E-state index contributed by atoms with van der Waals surface area (Å²) >= 11 is 0. The van der Waals surface area contributed by atoms with Gasteiger partial charge in [0.15, 0.2) is 0 Å². The lowest BCUT2D eigenvalue weighted by Gasteiger charge is -2.04. The molecule has 0 bridgehead atoms. The number of nitrogens with two attached hydrogens (primary N) is 1. The average Bonchev–Trinajstić information content (AvgIpc) is 2.29. The first-order valence-electron chi connectivity index (χ1n) is 4.73. The molecule has 0 aliphatic carbocycles. The largest absolute Gasteiger partial charge is 0.366 e. The van der Waals surface area contributed by atoms with Crippen LogP contribution in [0.4, 0.5) is 0 Å². The molecule has 1 heterocycles. The molecule has 0 saturated heterocycles. The van der Waals surface area contributed by atoms with E-state index in [0.29, 0.717) is 11.3 Å². The molecule has 0 radical (unpaired) electrons. The van der Waals surface area contributed by atoms with E-state index in [9.17, 15) is 4.79 Å². The Balaban J connectivity index is 3.12. The van der Waals surface area contributed by atoms with E-state index < -0.39 is 5.91 Å². The number of aromatic nitrogens is 1. The molecule has 0 fully saturated rings. The summed E-state index contributed by atoms with van der Waals surface area (Å²) in [5.41, 5.74) is 7.05. The number of carbonyl (C=O) groups is 1. The average molecular weight is 215 g/mol. The molecule has 0 spiro atoms. The Kier molecular flexibility index (Phi) is 4.15. The zero-order valence-corrected chi connectivity index (χ0v) is 9.05. The number of aliphatic imine (C=N–C) groups is 1. The van der Waals surface area contributed by atoms with Crippen molar-refractivity contribution in [2.75, 3.05) is 0 Å². The van der Waals surface area contributed by atoms with E-state index in [-0.39, 0.29) is 0 Å². The first-order chi connectivity index (χ1) is 7.66. The molecule has 4 nitrogen and oxygen atoms in total. The Morgan fingerprint density at radius 1 is 1.62 bits per heavy atom. The van der Waals surface area contributed by atoms with Crippen LogP contribution in [-0.2, 0) is 0 Å². The van der Waals surface area contributed by atoms with Crippen LogP contribution in [0.25, 0.3) is 5.57 Å². The van der Waals surface area contributed by atoms with Crippen LogP contribution in [-0.4, -0.2) is 17.1 Å². The number of amides is 1. The van der Waals surface area contributed by atoms with Crippen LogP contribution >= 0.6 is 0 Å². The lowest BCUT2D eigenvalue weighted by atomic mass is 10.1. The lowest BCUT2D eigenvalue weighted by Crippen LogP contribution is -2.14. The van der Waals surface area contributed by atoms with Crippen LogP contribution in [0.3, 0.4) is 0 Å². The van der Waals surface area contributed by atoms with Gasteiger partial charge in [0.25, 0.3) is 5.91 Å². The summed E-state index contributed by atoms with van der Waals surface area (Å²) in [7, 11) is 0. The fraction of sp³-hybridized carbons (Fsp3) is 0.0833. The lowest BCUT2D eigenvalue weighted by molar-refractivity contribution is 0.0999. The van der Waals surface area contributed by atoms with E-state index in [4.69, 9.17) is 5.73 Å². The minimum absolute atomic E-state index is 0.406. The van der Waals surface area contributed by atoms with Gasteiger partial charge in [0.2, 0.25) is 0 Å². The van der Waals surface area contributed by atoms with Crippen LogP contribution < -0.4 is 5.73 Å². The highest BCUT2D eigenvalue weighted by Gasteiger charge is 2.09. The fourth-order valence-electron chi connectivity index (χ4n) is 1.21. The van der Waals surface area contributed by atoms with Crippen LogP contribution in [0.2, 0.25) is 0 Å². The summed E-state index contributed by atoms with van der Waals surface area (Å²) in [4.78, 5) is 19.1. The summed E-state index contributed by atoms with van der Waals surface area (Å²) in [6.07, 6.45) is 6.37. The number of rotatable bonds is 4. The smallest absolute Gasteiger partial charge is 0.250 e. The Hall–Kier alpha value is -2.23. The maximum atomic E-state index is 11.2. The Morgan fingerprint density at radius 2 is 2.38 bits per heavy atom. The van der Waals surface area contributed by atoms with E-state index in [1.807, 2.05) is 6.92 Å². The van der Waals surface area contributed by atoms with Crippen molar-refractivity contribution >= 4 is 17.7 Å². The Labute approximate surface area is 94.2 Å². The monoisotopic (exact) mass is 215 g/mol. The molecule has 0 aliphatic heterocycles. The molecule has 82 valence electrons. The second kappa shape index (κ2) is 5.60. The molecular weight excluding hydrogens is 202 g/mol. The van der Waals surface area contributed by atoms with Gasteiger partial charge in [0.05, 0.1) is 11.3 Å². The molecule has 1 aromatic rings. The summed E-state index contributed by atoms with van der Waals surface area (Å²) in [6, 6.07) is 3.32. The quantitative estimate of drug-likeness (QED) is 0.778. The number of carbonyl (C=O) groups excluding carboxylic acids is 1. The molecule has 1 amide bonds. The highest BCUT2D eigenvalue weighted by molar-refractivity contribution is 5.98. The van der Waals surface area contributed by atoms with Crippen LogP contribution in [0.5, 0.6) is 0 Å². The van der Waals surface area contributed by atoms with Crippen molar-refractivity contribution in [3.05, 3.63) is 48.4 Å². The van der Waals surface area contributed by atoms with Crippen molar-refractivity contribution in [2.24, 2.45) is 10.7 Å². The second-order valence-electron chi connectivity index (χ2n) is 3.09. The van der Waals surface area contributed by atoms with Gasteiger partial charge in [-0.15, -0.1) is 0 Å². The van der Waals surface area contributed by atoms with E-state index in [1.165, 1.54) is 6.20 Å². The molecule has 0 unspecified atom stereocenters. The number of primary amides is 1. The van der Waals surface area contributed by atoms with Crippen molar-refractivity contribution in [1.29, 1.82) is 0 Å². The summed E-state index contributed by atoms with van der Waals surface area (Å²) in [5, 5.41) is 0. The van der Waals surface area contributed by atoms with Crippen molar-refractivity contribution in [3.8, 4) is 0 Å². The second-order valence-corrected chi connectivity index (χ2v) is 3.09. The zero-order chi connectivity index (χ0) is 12.0. The molecule has 4 heteroatoms. The third-order valence-electron chi connectivity index (χ3n) is 1.96. The first-order valence-corrected chi connectivity index (χ1v) is 4.73.